The van der Waals surface area contributed by atoms with Crippen molar-refractivity contribution in [2.24, 2.45) is 0 Å². The van der Waals surface area contributed by atoms with Crippen LogP contribution in [0.15, 0.2) is 28.0 Å². The molecule has 0 spiro atoms. The third kappa shape index (κ3) is 2.60. The summed E-state index contributed by atoms with van der Waals surface area (Å²) in [7, 11) is 0. The fourth-order valence-electron chi connectivity index (χ4n) is 1.08. The molecule has 1 N–H and O–H groups in total. The number of hydrogen-bond acceptors (Lipinski definition) is 6. The van der Waals surface area contributed by atoms with Crippen LogP contribution in [0.25, 0.3) is 0 Å². The van der Waals surface area contributed by atoms with Crippen molar-refractivity contribution in [3.63, 3.8) is 0 Å². The zero-order valence-electron chi connectivity index (χ0n) is 8.11. The van der Waals surface area contributed by atoms with E-state index in [4.69, 9.17) is 9.52 Å². The summed E-state index contributed by atoms with van der Waals surface area (Å²) in [5, 5.41) is 20.0. The molecular formula is C8H8N4O3S. The summed E-state index contributed by atoms with van der Waals surface area (Å²) in [6.07, 6.45) is 1.56. The normalized spacial score (nSPS) is 10.5. The van der Waals surface area contributed by atoms with Crippen molar-refractivity contribution in [3.8, 4) is 0 Å². The van der Waals surface area contributed by atoms with Gasteiger partial charge < -0.3 is 9.52 Å². The lowest BCUT2D eigenvalue weighted by Crippen LogP contribution is -2.05. The van der Waals surface area contributed by atoms with Gasteiger partial charge in [0.05, 0.1) is 12.0 Å². The summed E-state index contributed by atoms with van der Waals surface area (Å²) in [5.74, 6) is -0.263. The summed E-state index contributed by atoms with van der Waals surface area (Å²) in [6, 6.07) is 3.57. The molecule has 0 aromatic carbocycles. The second kappa shape index (κ2) is 4.79. The molecule has 0 bridgehead atoms. The monoisotopic (exact) mass is 240 g/mol. The van der Waals surface area contributed by atoms with Gasteiger partial charge in [-0.15, -0.1) is 5.10 Å². The summed E-state index contributed by atoms with van der Waals surface area (Å²) in [6.45, 7) is 0.391. The molecule has 2 aromatic rings. The molecule has 0 fully saturated rings. The summed E-state index contributed by atoms with van der Waals surface area (Å²) in [5.41, 5.74) is 0. The Labute approximate surface area is 94.4 Å². The molecule has 0 aliphatic heterocycles. The van der Waals surface area contributed by atoms with Crippen LogP contribution in [0.4, 0.5) is 0 Å². The first-order valence-electron chi connectivity index (χ1n) is 4.39. The Morgan fingerprint density at radius 3 is 3.19 bits per heavy atom. The molecule has 0 radical (unpaired) electrons. The molecule has 0 saturated carbocycles. The van der Waals surface area contributed by atoms with Gasteiger partial charge in [-0.05, 0) is 22.6 Å². The molecule has 16 heavy (non-hydrogen) atoms. The van der Waals surface area contributed by atoms with Gasteiger partial charge in [0, 0.05) is 0 Å². The number of hydrogen-bond donors (Lipinski definition) is 1. The van der Waals surface area contributed by atoms with Gasteiger partial charge in [-0.25, -0.2) is 4.68 Å². The first-order chi connectivity index (χ1) is 7.75. The lowest BCUT2D eigenvalue weighted by Gasteiger charge is -1.99. The van der Waals surface area contributed by atoms with Crippen molar-refractivity contribution < 1.29 is 14.3 Å². The quantitative estimate of drug-likeness (QED) is 0.760. The predicted molar refractivity (Wildman–Crippen MR) is 54.0 cm³/mol. The number of carbonyl (C=O) groups is 1. The molecule has 0 aliphatic carbocycles. The largest absolute Gasteiger partial charge is 0.481 e. The lowest BCUT2D eigenvalue weighted by atomic mass is 10.4. The molecule has 0 atom stereocenters. The van der Waals surface area contributed by atoms with Gasteiger partial charge in [0.1, 0.15) is 12.3 Å². The maximum atomic E-state index is 10.4. The molecule has 2 heterocycles. The Morgan fingerprint density at radius 1 is 1.62 bits per heavy atom. The minimum Gasteiger partial charge on any atom is -0.481 e. The number of thioether (sulfide) groups is 1. The maximum absolute atomic E-state index is 10.4. The van der Waals surface area contributed by atoms with Gasteiger partial charge in [-0.2, -0.15) is 0 Å². The molecule has 0 aliphatic rings. The van der Waals surface area contributed by atoms with E-state index in [1.165, 1.54) is 4.68 Å². The van der Waals surface area contributed by atoms with Gasteiger partial charge in [-0.3, -0.25) is 4.79 Å². The Bertz CT molecular complexity index is 467. The number of tetrazole rings is 1. The van der Waals surface area contributed by atoms with Crippen molar-refractivity contribution in [3.05, 3.63) is 24.2 Å². The highest BCUT2D eigenvalue weighted by Gasteiger charge is 2.10. The Hall–Kier alpha value is -1.83. The first-order valence-corrected chi connectivity index (χ1v) is 5.37. The molecule has 2 aromatic heterocycles. The number of carboxylic acid groups (broad SMARTS) is 1. The lowest BCUT2D eigenvalue weighted by molar-refractivity contribution is -0.133. The highest BCUT2D eigenvalue weighted by Crippen LogP contribution is 2.14. The summed E-state index contributed by atoms with van der Waals surface area (Å²) in [4.78, 5) is 10.4. The van der Waals surface area contributed by atoms with E-state index in [0.29, 0.717) is 17.5 Å². The number of rotatable bonds is 5. The van der Waals surface area contributed by atoms with Gasteiger partial charge in [-0.1, -0.05) is 11.8 Å². The van der Waals surface area contributed by atoms with Gasteiger partial charge in [0.25, 0.3) is 0 Å². The summed E-state index contributed by atoms with van der Waals surface area (Å²) >= 11 is 1.07. The van der Waals surface area contributed by atoms with E-state index >= 15 is 0 Å². The average Bonchev–Trinajstić information content (AvgIpc) is 2.87. The van der Waals surface area contributed by atoms with E-state index in [0.717, 1.165) is 11.8 Å². The molecule has 7 nitrogen and oxygen atoms in total. The van der Waals surface area contributed by atoms with Crippen molar-refractivity contribution in [1.29, 1.82) is 0 Å². The van der Waals surface area contributed by atoms with Crippen LogP contribution in [0.2, 0.25) is 0 Å². The summed E-state index contributed by atoms with van der Waals surface area (Å²) < 4.78 is 6.64. The van der Waals surface area contributed by atoms with Crippen LogP contribution in [0, 0.1) is 0 Å². The highest BCUT2D eigenvalue weighted by molar-refractivity contribution is 7.99. The van der Waals surface area contributed by atoms with Crippen LogP contribution in [-0.2, 0) is 11.3 Å². The number of aliphatic carboxylic acids is 1. The van der Waals surface area contributed by atoms with Crippen molar-refractivity contribution in [2.45, 2.75) is 11.7 Å². The molecular weight excluding hydrogens is 232 g/mol. The topological polar surface area (TPSA) is 94.0 Å². The zero-order valence-corrected chi connectivity index (χ0v) is 8.92. The zero-order chi connectivity index (χ0) is 11.4. The van der Waals surface area contributed by atoms with Crippen LogP contribution in [-0.4, -0.2) is 37.0 Å². The predicted octanol–water partition coefficient (Wildman–Crippen LogP) is 0.491. The molecule has 0 unspecified atom stereocenters. The molecule has 0 saturated heterocycles. The second-order valence-electron chi connectivity index (χ2n) is 2.88. The van der Waals surface area contributed by atoms with E-state index in [9.17, 15) is 4.79 Å². The maximum Gasteiger partial charge on any atom is 0.313 e. The standard InChI is InChI=1S/C8H8N4O3S/c13-7(14)5-16-8-9-10-11-12(8)4-6-2-1-3-15-6/h1-3H,4-5H2,(H,13,14). The minimum absolute atomic E-state index is 0.0709. The van der Waals surface area contributed by atoms with Crippen molar-refractivity contribution in [1.82, 2.24) is 20.2 Å². The van der Waals surface area contributed by atoms with Crippen LogP contribution >= 0.6 is 11.8 Å². The number of aromatic nitrogens is 4. The van der Waals surface area contributed by atoms with Gasteiger partial charge in [0.15, 0.2) is 0 Å². The van der Waals surface area contributed by atoms with E-state index in [1.807, 2.05) is 0 Å². The molecule has 84 valence electrons. The Morgan fingerprint density at radius 2 is 2.50 bits per heavy atom. The van der Waals surface area contributed by atoms with E-state index in [1.54, 1.807) is 18.4 Å². The van der Waals surface area contributed by atoms with Crippen molar-refractivity contribution >= 4 is 17.7 Å². The Kier molecular flexibility index (Phi) is 3.20. The van der Waals surface area contributed by atoms with Crippen molar-refractivity contribution in [2.75, 3.05) is 5.75 Å². The number of furan rings is 1. The fourth-order valence-corrected chi connectivity index (χ4v) is 1.67. The molecule has 2 rings (SSSR count). The third-order valence-corrected chi connectivity index (χ3v) is 2.65. The molecule has 8 heteroatoms. The number of nitrogens with zero attached hydrogens (tertiary/aromatic N) is 4. The minimum atomic E-state index is -0.905. The Balaban J connectivity index is 2.04. The first kappa shape index (κ1) is 10.7. The van der Waals surface area contributed by atoms with Crippen LogP contribution in [0.3, 0.4) is 0 Å². The smallest absolute Gasteiger partial charge is 0.313 e. The SMILES string of the molecule is O=C(O)CSc1nnnn1Cc1ccco1. The van der Waals surface area contributed by atoms with Gasteiger partial charge in [0.2, 0.25) is 5.16 Å². The van der Waals surface area contributed by atoms with Crippen LogP contribution < -0.4 is 0 Å². The van der Waals surface area contributed by atoms with E-state index in [-0.39, 0.29) is 5.75 Å². The highest BCUT2D eigenvalue weighted by atomic mass is 32.2. The average molecular weight is 240 g/mol. The second-order valence-corrected chi connectivity index (χ2v) is 3.82. The van der Waals surface area contributed by atoms with E-state index < -0.39 is 5.97 Å². The van der Waals surface area contributed by atoms with Gasteiger partial charge >= 0.3 is 5.97 Å². The van der Waals surface area contributed by atoms with Crippen LogP contribution in [0.5, 0.6) is 0 Å². The van der Waals surface area contributed by atoms with E-state index in [2.05, 4.69) is 15.5 Å². The molecule has 0 amide bonds. The number of carboxylic acids is 1. The van der Waals surface area contributed by atoms with Crippen LogP contribution in [0.1, 0.15) is 5.76 Å². The third-order valence-electron chi connectivity index (χ3n) is 1.71. The fraction of sp³-hybridized carbons (Fsp3) is 0.250.